The number of benzene rings is 1. The molecule has 5 nitrogen and oxygen atoms in total. The third-order valence-electron chi connectivity index (χ3n) is 4.12. The molecule has 0 spiro atoms. The summed E-state index contributed by atoms with van der Waals surface area (Å²) in [7, 11) is 0. The lowest BCUT2D eigenvalue weighted by atomic mass is 10.1. The average Bonchev–Trinajstić information content (AvgIpc) is 3.08. The van der Waals surface area contributed by atoms with Gasteiger partial charge in [-0.3, -0.25) is 9.48 Å². The molecule has 1 fully saturated rings. The number of amides is 1. The molecule has 0 radical (unpaired) electrons. The Balaban J connectivity index is 1.53. The summed E-state index contributed by atoms with van der Waals surface area (Å²) < 4.78 is 1.86. The molecule has 1 aliphatic carbocycles. The van der Waals surface area contributed by atoms with E-state index in [2.05, 4.69) is 10.1 Å². The van der Waals surface area contributed by atoms with Gasteiger partial charge in [-0.2, -0.15) is 5.10 Å². The van der Waals surface area contributed by atoms with Gasteiger partial charge >= 0.3 is 0 Å². The summed E-state index contributed by atoms with van der Waals surface area (Å²) in [4.78, 5) is 19.3. The highest BCUT2D eigenvalue weighted by Gasteiger charge is 2.33. The quantitative estimate of drug-likeness (QED) is 0.693. The van der Waals surface area contributed by atoms with Gasteiger partial charge in [0.25, 0.3) is 5.91 Å². The van der Waals surface area contributed by atoms with Gasteiger partial charge in [-0.1, -0.05) is 12.1 Å². The van der Waals surface area contributed by atoms with Crippen molar-refractivity contribution in [2.75, 3.05) is 0 Å². The number of carbonyl (C=O) groups is 1. The molecule has 3 aromatic rings. The zero-order chi connectivity index (χ0) is 16.4. The Labute approximate surface area is 144 Å². The second kappa shape index (κ2) is 6.57. The van der Waals surface area contributed by atoms with Crippen molar-refractivity contribution in [3.8, 4) is 0 Å². The second-order valence-corrected chi connectivity index (χ2v) is 6.97. The predicted octanol–water partition coefficient (Wildman–Crippen LogP) is 3.19. The molecule has 0 bridgehead atoms. The molecule has 2 heterocycles. The highest BCUT2D eigenvalue weighted by atomic mass is 32.1. The van der Waals surface area contributed by atoms with Crippen LogP contribution in [0.15, 0.2) is 54.3 Å². The van der Waals surface area contributed by atoms with Gasteiger partial charge in [-0.05, 0) is 36.6 Å². The van der Waals surface area contributed by atoms with Crippen LogP contribution in [-0.2, 0) is 13.1 Å². The number of aromatic nitrogens is 3. The normalized spacial score (nSPS) is 13.8. The molecule has 1 aliphatic rings. The van der Waals surface area contributed by atoms with E-state index in [4.69, 9.17) is 0 Å². The highest BCUT2D eigenvalue weighted by molar-refractivity contribution is 7.09. The van der Waals surface area contributed by atoms with Crippen LogP contribution in [0.4, 0.5) is 0 Å². The van der Waals surface area contributed by atoms with Crippen molar-refractivity contribution in [2.45, 2.75) is 32.0 Å². The van der Waals surface area contributed by atoms with Crippen molar-refractivity contribution in [3.63, 3.8) is 0 Å². The third-order valence-corrected chi connectivity index (χ3v) is 4.88. The first-order valence-corrected chi connectivity index (χ1v) is 8.93. The minimum absolute atomic E-state index is 0.0926. The minimum atomic E-state index is 0.0926. The van der Waals surface area contributed by atoms with Crippen LogP contribution in [-0.4, -0.2) is 31.6 Å². The van der Waals surface area contributed by atoms with Gasteiger partial charge in [0.05, 0.1) is 13.1 Å². The first-order chi connectivity index (χ1) is 11.8. The van der Waals surface area contributed by atoms with Crippen LogP contribution in [0, 0.1) is 0 Å². The van der Waals surface area contributed by atoms with Gasteiger partial charge in [-0.25, -0.2) is 4.98 Å². The standard InChI is InChI=1S/C18H18N4OS/c23-18(22(16-5-6-16)13-17-19-8-10-24-17)15-4-1-3-14(11-15)12-21-9-2-7-20-21/h1-4,7-11,16H,5-6,12-13H2. The van der Waals surface area contributed by atoms with Crippen molar-refractivity contribution in [1.29, 1.82) is 0 Å². The molecule has 0 aliphatic heterocycles. The zero-order valence-electron chi connectivity index (χ0n) is 13.2. The molecule has 0 atom stereocenters. The number of hydrogen-bond donors (Lipinski definition) is 0. The molecular formula is C18H18N4OS. The summed E-state index contributed by atoms with van der Waals surface area (Å²) in [6.07, 6.45) is 7.65. The maximum absolute atomic E-state index is 13.0. The van der Waals surface area contributed by atoms with E-state index in [9.17, 15) is 4.79 Å². The number of carbonyl (C=O) groups excluding carboxylic acids is 1. The lowest BCUT2D eigenvalue weighted by Gasteiger charge is -2.21. The number of hydrogen-bond acceptors (Lipinski definition) is 4. The van der Waals surface area contributed by atoms with Crippen LogP contribution < -0.4 is 0 Å². The smallest absolute Gasteiger partial charge is 0.254 e. The Hall–Kier alpha value is -2.47. The van der Waals surface area contributed by atoms with E-state index in [1.54, 1.807) is 23.7 Å². The first kappa shape index (κ1) is 15.1. The second-order valence-electron chi connectivity index (χ2n) is 5.99. The SMILES string of the molecule is O=C(c1cccc(Cn2cccn2)c1)N(Cc1nccs1)C1CC1. The molecule has 2 aromatic heterocycles. The fraction of sp³-hybridized carbons (Fsp3) is 0.278. The zero-order valence-corrected chi connectivity index (χ0v) is 14.0. The summed E-state index contributed by atoms with van der Waals surface area (Å²) in [5, 5.41) is 7.17. The van der Waals surface area contributed by atoms with E-state index in [0.29, 0.717) is 19.1 Å². The molecule has 4 rings (SSSR count). The Morgan fingerprint density at radius 3 is 2.92 bits per heavy atom. The molecule has 122 valence electrons. The molecule has 0 N–H and O–H groups in total. The van der Waals surface area contributed by atoms with Gasteiger partial charge in [0.2, 0.25) is 0 Å². The molecule has 1 saturated carbocycles. The van der Waals surface area contributed by atoms with Crippen LogP contribution >= 0.6 is 11.3 Å². The van der Waals surface area contributed by atoms with Crippen molar-refractivity contribution >= 4 is 17.2 Å². The van der Waals surface area contributed by atoms with Crippen molar-refractivity contribution in [1.82, 2.24) is 19.7 Å². The van der Waals surface area contributed by atoms with Crippen LogP contribution in [0.5, 0.6) is 0 Å². The fourth-order valence-corrected chi connectivity index (χ4v) is 3.39. The van der Waals surface area contributed by atoms with Gasteiger partial charge < -0.3 is 4.90 Å². The molecule has 1 aromatic carbocycles. The largest absolute Gasteiger partial charge is 0.329 e. The van der Waals surface area contributed by atoms with Crippen molar-refractivity contribution in [2.24, 2.45) is 0 Å². The first-order valence-electron chi connectivity index (χ1n) is 8.05. The number of rotatable bonds is 6. The molecular weight excluding hydrogens is 320 g/mol. The van der Waals surface area contributed by atoms with E-state index in [-0.39, 0.29) is 5.91 Å². The van der Waals surface area contributed by atoms with Crippen LogP contribution in [0.3, 0.4) is 0 Å². The average molecular weight is 338 g/mol. The van der Waals surface area contributed by atoms with E-state index in [1.807, 2.05) is 51.5 Å². The van der Waals surface area contributed by atoms with Crippen molar-refractivity contribution in [3.05, 3.63) is 70.4 Å². The molecule has 1 amide bonds. The maximum atomic E-state index is 13.0. The number of thiazole rings is 1. The van der Waals surface area contributed by atoms with E-state index < -0.39 is 0 Å². The van der Waals surface area contributed by atoms with Crippen LogP contribution in [0.1, 0.15) is 33.8 Å². The summed E-state index contributed by atoms with van der Waals surface area (Å²) in [6.45, 7) is 1.27. The van der Waals surface area contributed by atoms with Crippen molar-refractivity contribution < 1.29 is 4.79 Å². The summed E-state index contributed by atoms with van der Waals surface area (Å²) in [6, 6.07) is 10.1. The highest BCUT2D eigenvalue weighted by Crippen LogP contribution is 2.30. The topological polar surface area (TPSA) is 51.0 Å². The fourth-order valence-electron chi connectivity index (χ4n) is 2.78. The molecule has 0 saturated heterocycles. The summed E-state index contributed by atoms with van der Waals surface area (Å²) in [5.41, 5.74) is 1.82. The van der Waals surface area contributed by atoms with Gasteiger partial charge in [0, 0.05) is 35.6 Å². The Morgan fingerprint density at radius 1 is 1.29 bits per heavy atom. The van der Waals surface area contributed by atoms with Gasteiger partial charge in [0.1, 0.15) is 5.01 Å². The molecule has 24 heavy (non-hydrogen) atoms. The summed E-state index contributed by atoms with van der Waals surface area (Å²) >= 11 is 1.60. The minimum Gasteiger partial charge on any atom is -0.329 e. The maximum Gasteiger partial charge on any atom is 0.254 e. The van der Waals surface area contributed by atoms with E-state index in [0.717, 1.165) is 29.0 Å². The molecule has 6 heteroatoms. The predicted molar refractivity (Wildman–Crippen MR) is 92.8 cm³/mol. The third kappa shape index (κ3) is 3.38. The van der Waals surface area contributed by atoms with Crippen LogP contribution in [0.25, 0.3) is 0 Å². The molecule has 0 unspecified atom stereocenters. The number of nitrogens with zero attached hydrogens (tertiary/aromatic N) is 4. The Kier molecular flexibility index (Phi) is 4.13. The van der Waals surface area contributed by atoms with Gasteiger partial charge in [-0.15, -0.1) is 11.3 Å². The summed E-state index contributed by atoms with van der Waals surface area (Å²) in [5.74, 6) is 0.0926. The van der Waals surface area contributed by atoms with Crippen LogP contribution in [0.2, 0.25) is 0 Å². The van der Waals surface area contributed by atoms with Gasteiger partial charge in [0.15, 0.2) is 0 Å². The Morgan fingerprint density at radius 2 is 2.21 bits per heavy atom. The lowest BCUT2D eigenvalue weighted by molar-refractivity contribution is 0.0729. The lowest BCUT2D eigenvalue weighted by Crippen LogP contribution is -2.32. The Bertz CT molecular complexity index is 809. The van der Waals surface area contributed by atoms with E-state index in [1.165, 1.54) is 0 Å². The monoisotopic (exact) mass is 338 g/mol. The van der Waals surface area contributed by atoms with E-state index >= 15 is 0 Å².